The molecule has 1 heterocycles. The highest BCUT2D eigenvalue weighted by atomic mass is 79.9. The van der Waals surface area contributed by atoms with Gasteiger partial charge in [0.1, 0.15) is 5.69 Å². The first-order chi connectivity index (χ1) is 11.4. The molecular weight excluding hydrogens is 376 g/mol. The van der Waals surface area contributed by atoms with E-state index in [2.05, 4.69) is 26.6 Å². The molecule has 0 unspecified atom stereocenters. The number of aromatic nitrogens is 2. The molecule has 0 bridgehead atoms. The molecule has 24 heavy (non-hydrogen) atoms. The Morgan fingerprint density at radius 3 is 2.38 bits per heavy atom. The van der Waals surface area contributed by atoms with Gasteiger partial charge in [-0.05, 0) is 24.6 Å². The van der Waals surface area contributed by atoms with Crippen LogP contribution in [0.2, 0.25) is 0 Å². The SMILES string of the molecule is Cn1cc(C(=O)NCCCNC(=O)c2cccc(Br)c2)n(C)c1=O. The van der Waals surface area contributed by atoms with Gasteiger partial charge in [0.2, 0.25) is 0 Å². The minimum Gasteiger partial charge on any atom is -0.352 e. The van der Waals surface area contributed by atoms with E-state index < -0.39 is 0 Å². The predicted octanol–water partition coefficient (Wildman–Crippen LogP) is 1.04. The summed E-state index contributed by atoms with van der Waals surface area (Å²) < 4.78 is 3.49. The number of benzene rings is 1. The lowest BCUT2D eigenvalue weighted by atomic mass is 10.2. The monoisotopic (exact) mass is 394 g/mol. The van der Waals surface area contributed by atoms with E-state index in [0.717, 1.165) is 4.47 Å². The fraction of sp³-hybridized carbons (Fsp3) is 0.312. The van der Waals surface area contributed by atoms with Crippen molar-refractivity contribution in [3.8, 4) is 0 Å². The Balaban J connectivity index is 1.75. The van der Waals surface area contributed by atoms with Crippen molar-refractivity contribution in [2.45, 2.75) is 6.42 Å². The molecule has 0 aliphatic carbocycles. The van der Waals surface area contributed by atoms with Gasteiger partial charge in [0, 0.05) is 43.4 Å². The number of nitrogens with zero attached hydrogens (tertiary/aromatic N) is 2. The molecule has 7 nitrogen and oxygen atoms in total. The molecule has 1 aromatic carbocycles. The van der Waals surface area contributed by atoms with Crippen molar-refractivity contribution >= 4 is 27.7 Å². The van der Waals surface area contributed by atoms with Crippen LogP contribution in [-0.4, -0.2) is 34.0 Å². The molecule has 0 atom stereocenters. The number of aryl methyl sites for hydroxylation is 1. The maximum Gasteiger partial charge on any atom is 0.328 e. The first kappa shape index (κ1) is 18.0. The Morgan fingerprint density at radius 2 is 1.79 bits per heavy atom. The van der Waals surface area contributed by atoms with Crippen LogP contribution in [-0.2, 0) is 14.1 Å². The van der Waals surface area contributed by atoms with Gasteiger partial charge in [-0.2, -0.15) is 0 Å². The lowest BCUT2D eigenvalue weighted by molar-refractivity contribution is 0.0944. The summed E-state index contributed by atoms with van der Waals surface area (Å²) in [7, 11) is 3.14. The second-order valence-electron chi connectivity index (χ2n) is 5.34. The van der Waals surface area contributed by atoms with E-state index in [1.807, 2.05) is 6.07 Å². The zero-order valence-corrected chi connectivity index (χ0v) is 15.1. The number of imidazole rings is 1. The highest BCUT2D eigenvalue weighted by Crippen LogP contribution is 2.11. The Labute approximate surface area is 147 Å². The average molecular weight is 395 g/mol. The fourth-order valence-electron chi connectivity index (χ4n) is 2.19. The lowest BCUT2D eigenvalue weighted by Gasteiger charge is -2.07. The van der Waals surface area contributed by atoms with Gasteiger partial charge < -0.3 is 15.2 Å². The molecule has 128 valence electrons. The van der Waals surface area contributed by atoms with E-state index in [9.17, 15) is 14.4 Å². The smallest absolute Gasteiger partial charge is 0.328 e. The summed E-state index contributed by atoms with van der Waals surface area (Å²) in [6.45, 7) is 0.847. The van der Waals surface area contributed by atoms with Crippen molar-refractivity contribution in [2.24, 2.45) is 14.1 Å². The third kappa shape index (κ3) is 4.35. The molecule has 0 saturated heterocycles. The minimum atomic E-state index is -0.312. The normalized spacial score (nSPS) is 10.5. The number of carbonyl (C=O) groups is 2. The Bertz CT molecular complexity index is 810. The van der Waals surface area contributed by atoms with Crippen LogP contribution >= 0.6 is 15.9 Å². The molecule has 0 spiro atoms. The van der Waals surface area contributed by atoms with E-state index in [4.69, 9.17) is 0 Å². The molecule has 2 aromatic rings. The quantitative estimate of drug-likeness (QED) is 0.717. The third-order valence-electron chi connectivity index (χ3n) is 3.51. The average Bonchev–Trinajstić information content (AvgIpc) is 2.81. The van der Waals surface area contributed by atoms with Crippen molar-refractivity contribution in [1.29, 1.82) is 0 Å². The van der Waals surface area contributed by atoms with Gasteiger partial charge in [-0.3, -0.25) is 14.2 Å². The van der Waals surface area contributed by atoms with Crippen LogP contribution in [0.1, 0.15) is 27.3 Å². The molecule has 0 aliphatic heterocycles. The van der Waals surface area contributed by atoms with Crippen LogP contribution in [0.5, 0.6) is 0 Å². The highest BCUT2D eigenvalue weighted by Gasteiger charge is 2.13. The number of hydrogen-bond acceptors (Lipinski definition) is 3. The zero-order valence-electron chi connectivity index (χ0n) is 13.5. The summed E-state index contributed by atoms with van der Waals surface area (Å²) in [5, 5.41) is 5.53. The third-order valence-corrected chi connectivity index (χ3v) is 4.00. The minimum absolute atomic E-state index is 0.159. The van der Waals surface area contributed by atoms with Crippen molar-refractivity contribution in [2.75, 3.05) is 13.1 Å². The fourth-order valence-corrected chi connectivity index (χ4v) is 2.59. The van der Waals surface area contributed by atoms with Crippen LogP contribution in [0.4, 0.5) is 0 Å². The van der Waals surface area contributed by atoms with E-state index in [1.54, 1.807) is 32.3 Å². The largest absolute Gasteiger partial charge is 0.352 e. The Kier molecular flexibility index (Phi) is 5.97. The molecule has 0 fully saturated rings. The summed E-state index contributed by atoms with van der Waals surface area (Å²) in [6.07, 6.45) is 2.08. The molecule has 2 amide bonds. The maximum absolute atomic E-state index is 12.0. The lowest BCUT2D eigenvalue weighted by Crippen LogP contribution is -2.31. The highest BCUT2D eigenvalue weighted by molar-refractivity contribution is 9.10. The van der Waals surface area contributed by atoms with E-state index >= 15 is 0 Å². The second-order valence-corrected chi connectivity index (χ2v) is 6.26. The van der Waals surface area contributed by atoms with E-state index in [-0.39, 0.29) is 17.5 Å². The summed E-state index contributed by atoms with van der Waals surface area (Å²) in [5.74, 6) is -0.471. The molecule has 0 radical (unpaired) electrons. The number of nitrogens with one attached hydrogen (secondary N) is 2. The van der Waals surface area contributed by atoms with Gasteiger partial charge >= 0.3 is 5.69 Å². The van der Waals surface area contributed by atoms with Gasteiger partial charge in [0.05, 0.1) is 0 Å². The summed E-state index contributed by atoms with van der Waals surface area (Å²) in [4.78, 5) is 35.5. The molecule has 8 heteroatoms. The van der Waals surface area contributed by atoms with Crippen molar-refractivity contribution < 1.29 is 9.59 Å². The Hall–Kier alpha value is -2.35. The van der Waals surface area contributed by atoms with Gasteiger partial charge in [0.15, 0.2) is 0 Å². The summed E-state index contributed by atoms with van der Waals surface area (Å²) >= 11 is 3.32. The predicted molar refractivity (Wildman–Crippen MR) is 94.1 cm³/mol. The van der Waals surface area contributed by atoms with Crippen LogP contribution in [0, 0.1) is 0 Å². The van der Waals surface area contributed by atoms with Crippen LogP contribution in [0.15, 0.2) is 39.7 Å². The van der Waals surface area contributed by atoms with Gasteiger partial charge in [-0.25, -0.2) is 4.79 Å². The molecular formula is C16H19BrN4O3. The number of rotatable bonds is 6. The number of carbonyl (C=O) groups excluding carboxylic acids is 2. The zero-order chi connectivity index (χ0) is 17.7. The molecule has 2 N–H and O–H groups in total. The first-order valence-electron chi connectivity index (χ1n) is 7.44. The van der Waals surface area contributed by atoms with Crippen molar-refractivity contribution in [3.63, 3.8) is 0 Å². The van der Waals surface area contributed by atoms with Gasteiger partial charge in [-0.1, -0.05) is 22.0 Å². The van der Waals surface area contributed by atoms with Crippen LogP contribution in [0.25, 0.3) is 0 Å². The molecule has 2 rings (SSSR count). The number of halogens is 1. The van der Waals surface area contributed by atoms with Crippen LogP contribution < -0.4 is 16.3 Å². The topological polar surface area (TPSA) is 85.1 Å². The number of amides is 2. The van der Waals surface area contributed by atoms with E-state index in [1.165, 1.54) is 15.3 Å². The number of hydrogen-bond donors (Lipinski definition) is 2. The Morgan fingerprint density at radius 1 is 1.12 bits per heavy atom. The summed E-state index contributed by atoms with van der Waals surface area (Å²) in [6, 6.07) is 7.12. The van der Waals surface area contributed by atoms with Gasteiger partial charge in [-0.15, -0.1) is 0 Å². The maximum atomic E-state index is 12.0. The second kappa shape index (κ2) is 7.96. The standard InChI is InChI=1S/C16H19BrN4O3/c1-20-10-13(21(2)16(20)24)15(23)19-8-4-7-18-14(22)11-5-3-6-12(17)9-11/h3,5-6,9-10H,4,7-8H2,1-2H3,(H,18,22)(H,19,23). The molecule has 1 aromatic heterocycles. The van der Waals surface area contributed by atoms with Gasteiger partial charge in [0.25, 0.3) is 11.8 Å². The summed E-state index contributed by atoms with van der Waals surface area (Å²) in [5.41, 5.74) is 0.634. The van der Waals surface area contributed by atoms with E-state index in [0.29, 0.717) is 30.8 Å². The van der Waals surface area contributed by atoms with Crippen molar-refractivity contribution in [3.05, 3.63) is 56.7 Å². The first-order valence-corrected chi connectivity index (χ1v) is 8.23. The molecule has 0 aliphatic rings. The molecule has 0 saturated carbocycles. The van der Waals surface area contributed by atoms with Crippen LogP contribution in [0.3, 0.4) is 0 Å². The van der Waals surface area contributed by atoms with Crippen molar-refractivity contribution in [1.82, 2.24) is 19.8 Å².